The highest BCUT2D eigenvalue weighted by Gasteiger charge is 2.21. The fourth-order valence-corrected chi connectivity index (χ4v) is 3.17. The molecule has 1 aliphatic heterocycles. The van der Waals surface area contributed by atoms with Crippen molar-refractivity contribution in [3.05, 3.63) is 46.1 Å². The Bertz CT molecular complexity index is 762. The van der Waals surface area contributed by atoms with Crippen molar-refractivity contribution in [2.24, 2.45) is 0 Å². The van der Waals surface area contributed by atoms with Gasteiger partial charge in [-0.25, -0.2) is 0 Å². The summed E-state index contributed by atoms with van der Waals surface area (Å²) in [6.45, 7) is 4.76. The summed E-state index contributed by atoms with van der Waals surface area (Å²) in [4.78, 5) is 25.3. The second kappa shape index (κ2) is 8.06. The number of carbonyl (C=O) groups excluding carboxylic acids is 1. The molecule has 0 spiro atoms. The van der Waals surface area contributed by atoms with Crippen molar-refractivity contribution in [2.75, 3.05) is 19.6 Å². The molecule has 2 N–H and O–H groups in total. The lowest BCUT2D eigenvalue weighted by Crippen LogP contribution is -2.38. The van der Waals surface area contributed by atoms with Crippen LogP contribution in [0.15, 0.2) is 29.5 Å². The summed E-state index contributed by atoms with van der Waals surface area (Å²) in [5, 5.41) is 13.8. The minimum Gasteiger partial charge on any atom is -0.352 e. The van der Waals surface area contributed by atoms with Gasteiger partial charge in [-0.05, 0) is 50.9 Å². The van der Waals surface area contributed by atoms with Crippen molar-refractivity contribution in [3.63, 3.8) is 0 Å². The van der Waals surface area contributed by atoms with Gasteiger partial charge in [0.1, 0.15) is 5.56 Å². The molecule has 2 aromatic rings. The Morgan fingerprint density at radius 2 is 2.16 bits per heavy atom. The predicted molar refractivity (Wildman–Crippen MR) is 93.6 cm³/mol. The summed E-state index contributed by atoms with van der Waals surface area (Å²) >= 11 is 0. The Morgan fingerprint density at radius 3 is 2.88 bits per heavy atom. The zero-order valence-electron chi connectivity index (χ0n) is 14.4. The van der Waals surface area contributed by atoms with Crippen LogP contribution in [0, 0.1) is 6.92 Å². The Labute approximate surface area is 146 Å². The topological polar surface area (TPSA) is 93.8 Å². The highest BCUT2D eigenvalue weighted by Crippen LogP contribution is 2.17. The van der Waals surface area contributed by atoms with Crippen LogP contribution in [0.2, 0.25) is 0 Å². The van der Waals surface area contributed by atoms with Gasteiger partial charge in [0.2, 0.25) is 0 Å². The SMILES string of the molecule is Cc1ccn(C2CCNCC2)c(=O)c1C(=O)NCCCn1ccnn1. The molecule has 3 heterocycles. The van der Waals surface area contributed by atoms with Crippen LogP contribution in [0.4, 0.5) is 0 Å². The van der Waals surface area contributed by atoms with Gasteiger partial charge in [-0.15, -0.1) is 5.10 Å². The maximum Gasteiger partial charge on any atom is 0.263 e. The van der Waals surface area contributed by atoms with Gasteiger partial charge in [-0.1, -0.05) is 5.21 Å². The number of rotatable bonds is 6. The van der Waals surface area contributed by atoms with Gasteiger partial charge in [0.05, 0.1) is 6.20 Å². The van der Waals surface area contributed by atoms with E-state index in [1.807, 2.05) is 12.3 Å². The molecule has 1 amide bonds. The first kappa shape index (κ1) is 17.3. The van der Waals surface area contributed by atoms with Crippen LogP contribution < -0.4 is 16.2 Å². The van der Waals surface area contributed by atoms with E-state index in [0.717, 1.165) is 32.4 Å². The molecule has 134 valence electrons. The molecule has 0 radical (unpaired) electrons. The zero-order chi connectivity index (χ0) is 17.6. The van der Waals surface area contributed by atoms with E-state index in [2.05, 4.69) is 20.9 Å². The fourth-order valence-electron chi connectivity index (χ4n) is 3.17. The summed E-state index contributed by atoms with van der Waals surface area (Å²) in [5.41, 5.74) is 0.770. The first-order valence-corrected chi connectivity index (χ1v) is 8.71. The third kappa shape index (κ3) is 4.14. The molecule has 8 nitrogen and oxygen atoms in total. The zero-order valence-corrected chi connectivity index (χ0v) is 14.4. The Morgan fingerprint density at radius 1 is 1.36 bits per heavy atom. The van der Waals surface area contributed by atoms with E-state index < -0.39 is 0 Å². The minimum absolute atomic E-state index is 0.160. The van der Waals surface area contributed by atoms with Crippen LogP contribution in [0.1, 0.15) is 41.2 Å². The summed E-state index contributed by atoms with van der Waals surface area (Å²) in [5.74, 6) is -0.302. The Kier molecular flexibility index (Phi) is 5.60. The van der Waals surface area contributed by atoms with E-state index in [9.17, 15) is 9.59 Å². The molecule has 1 fully saturated rings. The van der Waals surface area contributed by atoms with E-state index in [4.69, 9.17) is 0 Å². The fraction of sp³-hybridized carbons (Fsp3) is 0.529. The van der Waals surface area contributed by atoms with E-state index in [-0.39, 0.29) is 23.1 Å². The lowest BCUT2D eigenvalue weighted by atomic mass is 10.0. The summed E-state index contributed by atoms with van der Waals surface area (Å²) in [7, 11) is 0. The van der Waals surface area contributed by atoms with Crippen LogP contribution in [0.3, 0.4) is 0 Å². The van der Waals surface area contributed by atoms with Crippen LogP contribution in [-0.2, 0) is 6.54 Å². The number of amides is 1. The van der Waals surface area contributed by atoms with Crippen LogP contribution in [-0.4, -0.2) is 45.1 Å². The summed E-state index contributed by atoms with van der Waals surface area (Å²) in [6, 6.07) is 2.02. The van der Waals surface area contributed by atoms with E-state index in [1.165, 1.54) is 0 Å². The monoisotopic (exact) mass is 344 g/mol. The molecule has 2 aromatic heterocycles. The molecular weight excluding hydrogens is 320 g/mol. The van der Waals surface area contributed by atoms with Gasteiger partial charge in [0, 0.05) is 31.5 Å². The highest BCUT2D eigenvalue weighted by atomic mass is 16.2. The second-order valence-corrected chi connectivity index (χ2v) is 6.34. The smallest absolute Gasteiger partial charge is 0.263 e. The largest absolute Gasteiger partial charge is 0.352 e. The quantitative estimate of drug-likeness (QED) is 0.744. The van der Waals surface area contributed by atoms with E-state index >= 15 is 0 Å². The molecule has 3 rings (SSSR count). The number of pyridine rings is 1. The second-order valence-electron chi connectivity index (χ2n) is 6.34. The molecule has 1 saturated heterocycles. The van der Waals surface area contributed by atoms with Crippen LogP contribution in [0.5, 0.6) is 0 Å². The molecular formula is C17H24N6O2. The number of aromatic nitrogens is 4. The number of piperidine rings is 1. The van der Waals surface area contributed by atoms with Crippen molar-refractivity contribution in [3.8, 4) is 0 Å². The Hall–Kier alpha value is -2.48. The molecule has 0 bridgehead atoms. The van der Waals surface area contributed by atoms with Crippen LogP contribution >= 0.6 is 0 Å². The van der Waals surface area contributed by atoms with Crippen molar-refractivity contribution < 1.29 is 4.79 Å². The van der Waals surface area contributed by atoms with Crippen molar-refractivity contribution in [1.82, 2.24) is 30.2 Å². The normalized spacial score (nSPS) is 15.2. The van der Waals surface area contributed by atoms with Gasteiger partial charge >= 0.3 is 0 Å². The first-order chi connectivity index (χ1) is 12.2. The van der Waals surface area contributed by atoms with Gasteiger partial charge in [0.15, 0.2) is 0 Å². The van der Waals surface area contributed by atoms with Crippen molar-refractivity contribution in [1.29, 1.82) is 0 Å². The van der Waals surface area contributed by atoms with Gasteiger partial charge < -0.3 is 15.2 Å². The maximum atomic E-state index is 12.8. The molecule has 0 unspecified atom stereocenters. The van der Waals surface area contributed by atoms with Gasteiger partial charge in [-0.3, -0.25) is 14.3 Å². The van der Waals surface area contributed by atoms with Gasteiger partial charge in [-0.2, -0.15) is 0 Å². The highest BCUT2D eigenvalue weighted by molar-refractivity contribution is 5.95. The van der Waals surface area contributed by atoms with Crippen LogP contribution in [0.25, 0.3) is 0 Å². The summed E-state index contributed by atoms with van der Waals surface area (Å²) < 4.78 is 3.43. The summed E-state index contributed by atoms with van der Waals surface area (Å²) in [6.07, 6.45) is 7.75. The number of nitrogens with zero attached hydrogens (tertiary/aromatic N) is 4. The van der Waals surface area contributed by atoms with Crippen molar-refractivity contribution in [2.45, 2.75) is 38.8 Å². The van der Waals surface area contributed by atoms with Gasteiger partial charge in [0.25, 0.3) is 11.5 Å². The third-order valence-corrected chi connectivity index (χ3v) is 4.58. The molecule has 0 saturated carbocycles. The lowest BCUT2D eigenvalue weighted by Gasteiger charge is -2.25. The Balaban J connectivity index is 1.65. The lowest BCUT2D eigenvalue weighted by molar-refractivity contribution is 0.0949. The number of aryl methyl sites for hydroxylation is 2. The average molecular weight is 344 g/mol. The first-order valence-electron chi connectivity index (χ1n) is 8.71. The molecule has 0 aliphatic carbocycles. The molecule has 0 aromatic carbocycles. The molecule has 8 heteroatoms. The molecule has 0 atom stereocenters. The maximum absolute atomic E-state index is 12.8. The van der Waals surface area contributed by atoms with E-state index in [1.54, 1.807) is 28.6 Å². The number of nitrogens with one attached hydrogen (secondary N) is 2. The average Bonchev–Trinajstić information content (AvgIpc) is 3.13. The standard InChI is InChI=1S/C17H24N6O2/c1-13-5-11-23(14-3-7-18-8-4-14)17(25)15(13)16(24)19-6-2-10-22-12-9-20-21-22/h5,9,11-12,14,18H,2-4,6-8,10H2,1H3,(H,19,24). The molecule has 25 heavy (non-hydrogen) atoms. The third-order valence-electron chi connectivity index (χ3n) is 4.58. The predicted octanol–water partition coefficient (Wildman–Crippen LogP) is 0.493. The molecule has 1 aliphatic rings. The van der Waals surface area contributed by atoms with E-state index in [0.29, 0.717) is 18.7 Å². The number of hydrogen-bond donors (Lipinski definition) is 2. The minimum atomic E-state index is -0.302. The number of hydrogen-bond acceptors (Lipinski definition) is 5. The number of carbonyl (C=O) groups is 1. The van der Waals surface area contributed by atoms with Crippen molar-refractivity contribution >= 4 is 5.91 Å².